The Kier molecular flexibility index (Phi) is 18.5. The highest BCUT2D eigenvalue weighted by atomic mass is 127. The van der Waals surface area contributed by atoms with Crippen molar-refractivity contribution >= 4 is 88.9 Å². The molecule has 0 bridgehead atoms. The molecule has 39 heavy (non-hydrogen) atoms. The van der Waals surface area contributed by atoms with Gasteiger partial charge in [-0.15, -0.1) is 47.5 Å². The topological polar surface area (TPSA) is 31.8 Å². The van der Waals surface area contributed by atoms with Crippen LogP contribution >= 0.6 is 88.9 Å². The number of halogens is 3. The summed E-state index contributed by atoms with van der Waals surface area (Å²) >= 11 is 3.86. The van der Waals surface area contributed by atoms with Gasteiger partial charge in [0.15, 0.2) is 0 Å². The van der Waals surface area contributed by atoms with Crippen LogP contribution in [-0.4, -0.2) is 36.1 Å². The summed E-state index contributed by atoms with van der Waals surface area (Å²) in [5, 5.41) is 0. The van der Waals surface area contributed by atoms with Gasteiger partial charge >= 0.3 is 0 Å². The summed E-state index contributed by atoms with van der Waals surface area (Å²) in [7, 11) is 7.64. The molecule has 0 amide bonds. The first-order valence-corrected chi connectivity index (χ1v) is 18.5. The van der Waals surface area contributed by atoms with Crippen LogP contribution in [0.5, 0.6) is 0 Å². The first-order valence-electron chi connectivity index (χ1n) is 12.2. The summed E-state index contributed by atoms with van der Waals surface area (Å²) in [4.78, 5) is 8.09. The summed E-state index contributed by atoms with van der Waals surface area (Å²) in [6.07, 6.45) is 12.9. The molecule has 4 aromatic heterocycles. The molecule has 2 saturated heterocycles. The predicted octanol–water partition coefficient (Wildman–Crippen LogP) is 0.752. The van der Waals surface area contributed by atoms with Crippen molar-refractivity contribution in [3.8, 4) is 0 Å². The quantitative estimate of drug-likeness (QED) is 0.124. The second kappa shape index (κ2) is 20.0. The summed E-state index contributed by atoms with van der Waals surface area (Å²) < 4.78 is 10.8. The summed E-state index contributed by atoms with van der Waals surface area (Å²) in [5.41, 5.74) is 2.69. The minimum Gasteiger partial charge on any atom is -1.00 e. The van der Waals surface area contributed by atoms with Crippen LogP contribution in [0.4, 0.5) is 0 Å². The molecule has 0 radical (unpaired) electrons. The van der Waals surface area contributed by atoms with Crippen molar-refractivity contribution in [3.05, 3.63) is 81.7 Å². The van der Waals surface area contributed by atoms with Gasteiger partial charge in [-0.1, -0.05) is 20.7 Å². The Morgan fingerprint density at radius 2 is 0.949 bits per heavy atom. The smallest absolute Gasteiger partial charge is 0.268 e. The maximum Gasteiger partial charge on any atom is 0.268 e. The molecule has 0 unspecified atom stereocenters. The normalized spacial score (nSPS) is 14.1. The van der Waals surface area contributed by atoms with Gasteiger partial charge in [-0.05, 0) is 56.1 Å². The van der Waals surface area contributed by atoms with Crippen molar-refractivity contribution in [2.75, 3.05) is 26.2 Å². The lowest BCUT2D eigenvalue weighted by molar-refractivity contribution is -0.00100. The van der Waals surface area contributed by atoms with E-state index in [0.29, 0.717) is 0 Å². The third-order valence-corrected chi connectivity index (χ3v) is 14.0. The molecule has 212 valence electrons. The molecule has 6 heterocycles. The van der Waals surface area contributed by atoms with Crippen molar-refractivity contribution in [1.82, 2.24) is 19.1 Å². The second-order valence-electron chi connectivity index (χ2n) is 8.61. The Morgan fingerprint density at radius 1 is 0.590 bits per heavy atom. The number of hydrogen-bond donors (Lipinski definition) is 0. The summed E-state index contributed by atoms with van der Waals surface area (Å²) in [6, 6.07) is 13.1. The Hall–Kier alpha value is 0.890. The lowest BCUT2D eigenvalue weighted by Crippen LogP contribution is -3.00. The van der Waals surface area contributed by atoms with Gasteiger partial charge in [0.25, 0.3) is 9.34 Å². The van der Waals surface area contributed by atoms with Gasteiger partial charge in [0.05, 0.1) is 8.42 Å². The van der Waals surface area contributed by atoms with E-state index in [4.69, 9.17) is 0 Å². The average Bonchev–Trinajstić information content (AvgIpc) is 3.75. The summed E-state index contributed by atoms with van der Waals surface area (Å²) in [6.45, 7) is 4.95. The highest BCUT2D eigenvalue weighted by Crippen LogP contribution is 2.28. The van der Waals surface area contributed by atoms with Crippen LogP contribution in [0.15, 0.2) is 69.6 Å². The van der Waals surface area contributed by atoms with Crippen LogP contribution in [0, 0.1) is 0 Å². The molecule has 0 saturated carbocycles. The van der Waals surface area contributed by atoms with Crippen molar-refractivity contribution in [2.24, 2.45) is 0 Å². The molecule has 2 aliphatic rings. The van der Waals surface area contributed by atoms with Gasteiger partial charge < -0.3 is 48.0 Å². The lowest BCUT2D eigenvalue weighted by atomic mass is 10.3. The zero-order valence-electron chi connectivity index (χ0n) is 21.2. The molecule has 0 N–H and O–H groups in total. The fraction of sp³-hybridized carbons (Fsp3) is 0.385. The molecule has 0 aliphatic carbocycles. The Balaban J connectivity index is 0.000000254. The lowest BCUT2D eigenvalue weighted by Gasteiger charge is -1.96. The van der Waals surface area contributed by atoms with E-state index in [-0.39, 0.29) is 71.9 Å². The van der Waals surface area contributed by atoms with Gasteiger partial charge in [0, 0.05) is 74.1 Å². The average molecular weight is 973 g/mol. The van der Waals surface area contributed by atoms with E-state index >= 15 is 0 Å². The maximum atomic E-state index is 4.05. The number of nitrogens with zero attached hydrogens (tertiary/aromatic N) is 4. The molecule has 0 atom stereocenters. The van der Waals surface area contributed by atoms with Gasteiger partial charge in [-0.3, -0.25) is 9.97 Å². The molecule has 2 aliphatic heterocycles. The van der Waals surface area contributed by atoms with E-state index in [1.165, 1.54) is 80.7 Å². The molecule has 13 heteroatoms. The predicted molar refractivity (Wildman–Crippen MR) is 176 cm³/mol. The molecular weight excluding hydrogens is 941 g/mol. The largest absolute Gasteiger partial charge is 1.00 e. The number of aromatic nitrogens is 2. The molecule has 0 spiro atoms. The first kappa shape index (κ1) is 36.1. The van der Waals surface area contributed by atoms with E-state index in [1.807, 2.05) is 89.7 Å². The van der Waals surface area contributed by atoms with Crippen LogP contribution in [0.2, 0.25) is 0 Å². The van der Waals surface area contributed by atoms with Gasteiger partial charge in [-0.2, -0.15) is 0 Å². The molecule has 6 rings (SSSR count). The van der Waals surface area contributed by atoms with Gasteiger partial charge in [0.2, 0.25) is 0 Å². The third kappa shape index (κ3) is 11.8. The third-order valence-electron chi connectivity index (χ3n) is 6.00. The maximum absolute atomic E-state index is 4.05. The van der Waals surface area contributed by atoms with Crippen molar-refractivity contribution < 1.29 is 48.0 Å². The van der Waals surface area contributed by atoms with Crippen LogP contribution in [-0.2, 0) is 11.5 Å². The zero-order chi connectivity index (χ0) is 24.4. The van der Waals surface area contributed by atoms with E-state index in [1.54, 1.807) is 0 Å². The number of rotatable bonds is 6. The monoisotopic (exact) mass is 972 g/mol. The molecule has 4 nitrogen and oxygen atoms in total. The molecule has 2 fully saturated rings. The van der Waals surface area contributed by atoms with E-state index in [0.717, 1.165) is 11.5 Å². The van der Waals surface area contributed by atoms with E-state index < -0.39 is 0 Å². The zero-order valence-corrected chi connectivity index (χ0v) is 32.8. The van der Waals surface area contributed by atoms with Crippen molar-refractivity contribution in [3.63, 3.8) is 0 Å². The van der Waals surface area contributed by atoms with Crippen LogP contribution in [0.3, 0.4) is 0 Å². The van der Waals surface area contributed by atoms with Crippen LogP contribution < -0.4 is 66.4 Å². The molecular formula is C26H31I3N4S6. The van der Waals surface area contributed by atoms with Gasteiger partial charge in [0.1, 0.15) is 26.2 Å². The second-order valence-corrected chi connectivity index (χ2v) is 15.5. The van der Waals surface area contributed by atoms with Crippen LogP contribution in [0.1, 0.15) is 36.8 Å². The van der Waals surface area contributed by atoms with Crippen LogP contribution in [0.25, 0.3) is 0 Å². The summed E-state index contributed by atoms with van der Waals surface area (Å²) in [5.74, 6) is 2.07. The number of pyridine rings is 2. The van der Waals surface area contributed by atoms with Crippen molar-refractivity contribution in [2.45, 2.75) is 45.6 Å². The molecule has 0 aromatic carbocycles. The minimum absolute atomic E-state index is 0. The fourth-order valence-corrected chi connectivity index (χ4v) is 11.7. The number of thioether (sulfide) groups is 2. The minimum atomic E-state index is 0. The standard InChI is InChI=1S/2C13H15N2S3.3HI/c2*1-2-8-15(7-1)12-9-13(18-17-12)16-10-11-3-5-14-6-4-11;;;/h2*3-6,9H,1-2,7-8,10H2;3*1H/q2*+1;;;/p-2. The molecule has 4 aromatic rings. The van der Waals surface area contributed by atoms with Crippen molar-refractivity contribution in [1.29, 1.82) is 0 Å². The highest BCUT2D eigenvalue weighted by Gasteiger charge is 2.16. The van der Waals surface area contributed by atoms with E-state index in [9.17, 15) is 0 Å². The highest BCUT2D eigenvalue weighted by molar-refractivity contribution is 14.0. The Labute approximate surface area is 305 Å². The number of hydrogen-bond acceptors (Lipinski definition) is 8. The first-order chi connectivity index (χ1) is 17.8. The SMILES string of the molecule is I.[I-].[I-].c1cc(CSc2cc(=[N+]3CCCC3)ss2)ccn1.c1cc(CSc2cc(=[N+]3CCCC3)ss2)ccn1. The van der Waals surface area contributed by atoms with E-state index in [2.05, 4.69) is 55.5 Å². The fourth-order valence-electron chi connectivity index (χ4n) is 4.03. The van der Waals surface area contributed by atoms with Gasteiger partial charge in [-0.25, -0.2) is 9.15 Å². The Morgan fingerprint density at radius 3 is 1.31 bits per heavy atom. The Bertz CT molecular complexity index is 1250.